The molecule has 2 fully saturated rings. The fourth-order valence-electron chi connectivity index (χ4n) is 5.19. The Bertz CT molecular complexity index is 479. The van der Waals surface area contributed by atoms with Gasteiger partial charge in [0.2, 0.25) is 0 Å². The Hall–Kier alpha value is -1.04. The summed E-state index contributed by atoms with van der Waals surface area (Å²) in [6.45, 7) is 4.48. The molecular formula is C25H43NO2. The maximum absolute atomic E-state index is 12.6. The van der Waals surface area contributed by atoms with E-state index in [1.807, 2.05) is 0 Å². The fourth-order valence-corrected chi connectivity index (χ4v) is 5.19. The van der Waals surface area contributed by atoms with Crippen molar-refractivity contribution in [1.29, 1.82) is 5.26 Å². The first-order chi connectivity index (χ1) is 13.6. The molecule has 0 unspecified atom stereocenters. The lowest BCUT2D eigenvalue weighted by atomic mass is 9.71. The minimum absolute atomic E-state index is 0.0444. The number of hydrogen-bond donors (Lipinski definition) is 0. The Morgan fingerprint density at radius 1 is 0.929 bits per heavy atom. The van der Waals surface area contributed by atoms with E-state index in [-0.39, 0.29) is 23.4 Å². The van der Waals surface area contributed by atoms with Gasteiger partial charge in [0.15, 0.2) is 0 Å². The van der Waals surface area contributed by atoms with Gasteiger partial charge in [0.05, 0.1) is 17.4 Å². The lowest BCUT2D eigenvalue weighted by Crippen LogP contribution is -2.33. The van der Waals surface area contributed by atoms with Crippen LogP contribution in [0.4, 0.5) is 0 Å². The predicted molar refractivity (Wildman–Crippen MR) is 115 cm³/mol. The first kappa shape index (κ1) is 23.2. The van der Waals surface area contributed by atoms with Crippen LogP contribution in [0.2, 0.25) is 0 Å². The second-order valence-corrected chi connectivity index (χ2v) is 9.55. The Labute approximate surface area is 173 Å². The minimum atomic E-state index is -0.160. The molecule has 28 heavy (non-hydrogen) atoms. The van der Waals surface area contributed by atoms with Crippen LogP contribution >= 0.6 is 0 Å². The summed E-state index contributed by atoms with van der Waals surface area (Å²) >= 11 is 0. The fraction of sp³-hybridized carbons (Fsp3) is 0.920. The largest absolute Gasteiger partial charge is 0.462 e. The second-order valence-electron chi connectivity index (χ2n) is 9.55. The van der Waals surface area contributed by atoms with Gasteiger partial charge in [-0.3, -0.25) is 4.79 Å². The maximum Gasteiger partial charge on any atom is 0.309 e. The van der Waals surface area contributed by atoms with Gasteiger partial charge in [-0.25, -0.2) is 0 Å². The van der Waals surface area contributed by atoms with Crippen LogP contribution < -0.4 is 0 Å². The molecule has 2 saturated carbocycles. The average molecular weight is 390 g/mol. The zero-order valence-electron chi connectivity index (χ0n) is 18.5. The lowest BCUT2D eigenvalue weighted by Gasteiger charge is -2.35. The topological polar surface area (TPSA) is 50.1 Å². The lowest BCUT2D eigenvalue weighted by molar-refractivity contribution is -0.158. The van der Waals surface area contributed by atoms with E-state index in [1.54, 1.807) is 0 Å². The molecule has 0 saturated heterocycles. The van der Waals surface area contributed by atoms with Crippen LogP contribution in [0.3, 0.4) is 0 Å². The normalized spacial score (nSPS) is 30.5. The number of ether oxygens (including phenoxy) is 1. The number of unbranched alkanes of at least 4 members (excludes halogenated alkanes) is 5. The number of carbonyl (C=O) groups excluding carboxylic acids is 1. The van der Waals surface area contributed by atoms with Crippen LogP contribution in [0, 0.1) is 28.6 Å². The van der Waals surface area contributed by atoms with E-state index in [2.05, 4.69) is 19.9 Å². The quantitative estimate of drug-likeness (QED) is 0.274. The van der Waals surface area contributed by atoms with Gasteiger partial charge in [0.25, 0.3) is 0 Å². The van der Waals surface area contributed by atoms with Gasteiger partial charge in [0, 0.05) is 0 Å². The van der Waals surface area contributed by atoms with Crippen molar-refractivity contribution in [1.82, 2.24) is 0 Å². The molecule has 2 rings (SSSR count). The molecule has 3 nitrogen and oxygen atoms in total. The van der Waals surface area contributed by atoms with Gasteiger partial charge in [0.1, 0.15) is 6.10 Å². The molecule has 0 N–H and O–H groups in total. The van der Waals surface area contributed by atoms with Crippen molar-refractivity contribution in [2.24, 2.45) is 17.3 Å². The van der Waals surface area contributed by atoms with Gasteiger partial charge in [-0.2, -0.15) is 5.26 Å². The number of nitriles is 1. The smallest absolute Gasteiger partial charge is 0.309 e. The van der Waals surface area contributed by atoms with E-state index < -0.39 is 0 Å². The monoisotopic (exact) mass is 389 g/mol. The van der Waals surface area contributed by atoms with E-state index in [0.717, 1.165) is 50.9 Å². The Morgan fingerprint density at radius 2 is 1.57 bits per heavy atom. The summed E-state index contributed by atoms with van der Waals surface area (Å²) < 4.78 is 5.89. The summed E-state index contributed by atoms with van der Waals surface area (Å²) in [6, 6.07) is 2.63. The van der Waals surface area contributed by atoms with Crippen molar-refractivity contribution in [3.05, 3.63) is 0 Å². The van der Waals surface area contributed by atoms with E-state index in [4.69, 9.17) is 4.74 Å². The number of nitrogens with zero attached hydrogens (tertiary/aromatic N) is 1. The molecule has 2 aliphatic carbocycles. The third-order valence-corrected chi connectivity index (χ3v) is 7.31. The predicted octanol–water partition coefficient (Wildman–Crippen LogP) is 7.34. The highest BCUT2D eigenvalue weighted by molar-refractivity contribution is 5.72. The molecule has 0 aromatic rings. The average Bonchev–Trinajstić information content (AvgIpc) is 2.74. The third-order valence-electron chi connectivity index (χ3n) is 7.31. The molecule has 0 bridgehead atoms. The van der Waals surface area contributed by atoms with Crippen molar-refractivity contribution in [3.8, 4) is 6.07 Å². The zero-order chi connectivity index (χ0) is 20.2. The van der Waals surface area contributed by atoms with Crippen LogP contribution in [0.1, 0.15) is 123 Å². The molecule has 3 heteroatoms. The first-order valence-corrected chi connectivity index (χ1v) is 12.2. The summed E-state index contributed by atoms with van der Waals surface area (Å²) in [5.74, 6) is 0.995. The van der Waals surface area contributed by atoms with Gasteiger partial charge >= 0.3 is 5.97 Å². The highest BCUT2D eigenvalue weighted by Crippen LogP contribution is 2.41. The number of carbonyl (C=O) groups is 1. The Kier molecular flexibility index (Phi) is 10.4. The summed E-state index contributed by atoms with van der Waals surface area (Å²) in [5, 5.41) is 9.74. The summed E-state index contributed by atoms with van der Waals surface area (Å²) in [6.07, 6.45) is 19.2. The molecule has 0 spiro atoms. The number of esters is 1. The van der Waals surface area contributed by atoms with Crippen LogP contribution in [-0.2, 0) is 9.53 Å². The van der Waals surface area contributed by atoms with Gasteiger partial charge in [-0.15, -0.1) is 0 Å². The standard InChI is InChI=1S/C25H43NO2/c1-3-5-7-8-9-17-25(20-26)18-15-23(16-19-25)28-24(27)22-13-11-21(12-14-22)10-6-4-2/h21-23H,3-19H2,1-2H3/t21-,22-,23-,25-. The molecule has 0 heterocycles. The Morgan fingerprint density at radius 3 is 2.18 bits per heavy atom. The molecule has 0 amide bonds. The summed E-state index contributed by atoms with van der Waals surface area (Å²) in [5.41, 5.74) is -0.160. The summed E-state index contributed by atoms with van der Waals surface area (Å²) in [4.78, 5) is 12.6. The van der Waals surface area contributed by atoms with Gasteiger partial charge in [-0.1, -0.05) is 65.2 Å². The third kappa shape index (κ3) is 7.41. The highest BCUT2D eigenvalue weighted by atomic mass is 16.5. The van der Waals surface area contributed by atoms with Crippen LogP contribution in [-0.4, -0.2) is 12.1 Å². The molecule has 2 aliphatic rings. The number of rotatable bonds is 11. The van der Waals surface area contributed by atoms with Crippen molar-refractivity contribution in [2.75, 3.05) is 0 Å². The molecule has 0 radical (unpaired) electrons. The maximum atomic E-state index is 12.6. The Balaban J connectivity index is 1.67. The van der Waals surface area contributed by atoms with Gasteiger partial charge < -0.3 is 4.74 Å². The SMILES string of the molecule is CCCCCCC[C@]1(C#N)CC[C@H](OC(=O)[C@H]2CC[C@H](CCCC)CC2)CC1. The molecule has 0 aromatic carbocycles. The molecule has 160 valence electrons. The van der Waals surface area contributed by atoms with Crippen LogP contribution in [0.5, 0.6) is 0 Å². The minimum Gasteiger partial charge on any atom is -0.462 e. The molecule has 0 aliphatic heterocycles. The summed E-state index contributed by atoms with van der Waals surface area (Å²) in [7, 11) is 0. The second kappa shape index (κ2) is 12.5. The van der Waals surface area contributed by atoms with E-state index >= 15 is 0 Å². The van der Waals surface area contributed by atoms with Crippen molar-refractivity contribution in [2.45, 2.75) is 129 Å². The molecular weight excluding hydrogens is 346 g/mol. The van der Waals surface area contributed by atoms with Crippen molar-refractivity contribution in [3.63, 3.8) is 0 Å². The molecule has 0 atom stereocenters. The highest BCUT2D eigenvalue weighted by Gasteiger charge is 2.37. The van der Waals surface area contributed by atoms with E-state index in [9.17, 15) is 10.1 Å². The van der Waals surface area contributed by atoms with Crippen LogP contribution in [0.15, 0.2) is 0 Å². The van der Waals surface area contributed by atoms with E-state index in [1.165, 1.54) is 64.2 Å². The van der Waals surface area contributed by atoms with Crippen LogP contribution in [0.25, 0.3) is 0 Å². The van der Waals surface area contributed by atoms with Crippen molar-refractivity contribution >= 4 is 5.97 Å². The van der Waals surface area contributed by atoms with Gasteiger partial charge in [-0.05, 0) is 63.7 Å². The van der Waals surface area contributed by atoms with E-state index in [0.29, 0.717) is 0 Å². The van der Waals surface area contributed by atoms with Crippen molar-refractivity contribution < 1.29 is 9.53 Å². The number of hydrogen-bond acceptors (Lipinski definition) is 3. The first-order valence-electron chi connectivity index (χ1n) is 12.2. The zero-order valence-corrected chi connectivity index (χ0v) is 18.5. The molecule has 0 aromatic heterocycles.